The highest BCUT2D eigenvalue weighted by atomic mass is 32.2. The van der Waals surface area contributed by atoms with E-state index in [0.29, 0.717) is 17.7 Å². The van der Waals surface area contributed by atoms with E-state index in [9.17, 15) is 4.79 Å². The molecule has 0 radical (unpaired) electrons. The summed E-state index contributed by atoms with van der Waals surface area (Å²) in [6.45, 7) is 2.22. The van der Waals surface area contributed by atoms with Gasteiger partial charge in [0, 0.05) is 13.1 Å². The van der Waals surface area contributed by atoms with E-state index >= 15 is 0 Å². The summed E-state index contributed by atoms with van der Waals surface area (Å²) in [5.41, 5.74) is 0. The molecule has 1 aliphatic carbocycles. The molecule has 2 N–H and O–H groups in total. The summed E-state index contributed by atoms with van der Waals surface area (Å²) in [5.74, 6) is 1.12. The van der Waals surface area contributed by atoms with Crippen molar-refractivity contribution in [2.75, 3.05) is 18.1 Å². The predicted molar refractivity (Wildman–Crippen MR) is 79.7 cm³/mol. The number of carbonyl (C=O) groups is 1. The Morgan fingerprint density at radius 1 is 1.42 bits per heavy atom. The molecule has 106 valence electrons. The molecule has 0 unspecified atom stereocenters. The fourth-order valence-electron chi connectivity index (χ4n) is 2.28. The van der Waals surface area contributed by atoms with Crippen molar-refractivity contribution >= 4 is 34.1 Å². The minimum absolute atomic E-state index is 0.102. The first-order chi connectivity index (χ1) is 9.19. The number of nitrogens with zero attached hydrogens (tertiary/aromatic N) is 2. The van der Waals surface area contributed by atoms with Gasteiger partial charge in [0.05, 0.1) is 5.75 Å². The van der Waals surface area contributed by atoms with Crippen LogP contribution in [0, 0.1) is 5.92 Å². The van der Waals surface area contributed by atoms with Crippen LogP contribution in [0.15, 0.2) is 4.34 Å². The maximum Gasteiger partial charge on any atom is 0.230 e. The van der Waals surface area contributed by atoms with Crippen molar-refractivity contribution in [2.24, 2.45) is 5.92 Å². The predicted octanol–water partition coefficient (Wildman–Crippen LogP) is 2.37. The van der Waals surface area contributed by atoms with E-state index < -0.39 is 0 Å². The molecule has 1 aromatic rings. The van der Waals surface area contributed by atoms with E-state index in [1.54, 1.807) is 0 Å². The Morgan fingerprint density at radius 2 is 2.21 bits per heavy atom. The summed E-state index contributed by atoms with van der Waals surface area (Å²) in [6, 6.07) is 0.351. The Balaban J connectivity index is 1.74. The molecule has 0 bridgehead atoms. The third-order valence-corrected chi connectivity index (χ3v) is 5.48. The van der Waals surface area contributed by atoms with E-state index in [2.05, 4.69) is 27.8 Å². The molecule has 19 heavy (non-hydrogen) atoms. The van der Waals surface area contributed by atoms with Crippen molar-refractivity contribution in [2.45, 2.75) is 43.0 Å². The molecule has 5 nitrogen and oxygen atoms in total. The number of thioether (sulfide) groups is 1. The molecule has 1 amide bonds. The molecule has 0 aliphatic heterocycles. The van der Waals surface area contributed by atoms with Gasteiger partial charge in [0.15, 0.2) is 4.34 Å². The van der Waals surface area contributed by atoms with Crippen molar-refractivity contribution < 1.29 is 4.79 Å². The topological polar surface area (TPSA) is 66.9 Å². The minimum atomic E-state index is 0.102. The lowest BCUT2D eigenvalue weighted by atomic mass is 9.86. The van der Waals surface area contributed by atoms with Gasteiger partial charge < -0.3 is 10.6 Å². The Morgan fingerprint density at radius 3 is 2.89 bits per heavy atom. The largest absolute Gasteiger partial charge is 0.363 e. The van der Waals surface area contributed by atoms with E-state index in [1.165, 1.54) is 42.4 Å². The second-order valence-electron chi connectivity index (χ2n) is 4.85. The van der Waals surface area contributed by atoms with Crippen molar-refractivity contribution in [1.29, 1.82) is 0 Å². The number of nitrogens with one attached hydrogen (secondary N) is 2. The zero-order valence-corrected chi connectivity index (χ0v) is 12.9. The Labute approximate surface area is 122 Å². The van der Waals surface area contributed by atoms with Crippen molar-refractivity contribution in [1.82, 2.24) is 15.5 Å². The smallest absolute Gasteiger partial charge is 0.230 e. The minimum Gasteiger partial charge on any atom is -0.363 e. The fraction of sp³-hybridized carbons (Fsp3) is 0.750. The van der Waals surface area contributed by atoms with E-state index in [-0.39, 0.29) is 5.91 Å². The lowest BCUT2D eigenvalue weighted by Crippen LogP contribution is -2.41. The van der Waals surface area contributed by atoms with Crippen LogP contribution in [0.2, 0.25) is 0 Å². The van der Waals surface area contributed by atoms with Crippen LogP contribution in [-0.2, 0) is 4.79 Å². The standard InChI is InChI=1S/C12H20N4OS2/c1-8-5-3-4-6-9(8)14-10(17)7-18-12-16-15-11(13-2)19-12/h8-9H,3-7H2,1-2H3,(H,13,15)(H,14,17)/t8-,9-/m0/s1. The molecule has 0 saturated heterocycles. The van der Waals surface area contributed by atoms with E-state index in [1.807, 2.05) is 7.05 Å². The molecule has 0 spiro atoms. The summed E-state index contributed by atoms with van der Waals surface area (Å²) >= 11 is 2.92. The van der Waals surface area contributed by atoms with Gasteiger partial charge in [-0.25, -0.2) is 0 Å². The van der Waals surface area contributed by atoms with Gasteiger partial charge in [0.25, 0.3) is 0 Å². The molecule has 2 rings (SSSR count). The zero-order chi connectivity index (χ0) is 13.7. The van der Waals surface area contributed by atoms with Crippen molar-refractivity contribution in [3.63, 3.8) is 0 Å². The highest BCUT2D eigenvalue weighted by Gasteiger charge is 2.22. The van der Waals surface area contributed by atoms with Crippen LogP contribution in [0.1, 0.15) is 32.6 Å². The first-order valence-electron chi connectivity index (χ1n) is 6.62. The van der Waals surface area contributed by atoms with E-state index in [4.69, 9.17) is 0 Å². The summed E-state index contributed by atoms with van der Waals surface area (Å²) in [7, 11) is 1.81. The maximum absolute atomic E-state index is 11.9. The second-order valence-corrected chi connectivity index (χ2v) is 7.05. The molecule has 1 aliphatic rings. The molecule has 1 fully saturated rings. The Kier molecular flexibility index (Phi) is 5.45. The first kappa shape index (κ1) is 14.6. The average Bonchev–Trinajstić information content (AvgIpc) is 2.87. The number of aromatic nitrogens is 2. The van der Waals surface area contributed by atoms with Gasteiger partial charge in [-0.15, -0.1) is 10.2 Å². The van der Waals surface area contributed by atoms with Gasteiger partial charge in [0.1, 0.15) is 0 Å². The summed E-state index contributed by atoms with van der Waals surface area (Å²) in [6.07, 6.45) is 4.85. The van der Waals surface area contributed by atoms with Crippen LogP contribution in [-0.4, -0.2) is 34.9 Å². The number of anilines is 1. The molecular formula is C12H20N4OS2. The van der Waals surface area contributed by atoms with Crippen LogP contribution >= 0.6 is 23.1 Å². The summed E-state index contributed by atoms with van der Waals surface area (Å²) in [5, 5.41) is 14.8. The second kappa shape index (κ2) is 7.09. The quantitative estimate of drug-likeness (QED) is 0.817. The molecule has 7 heteroatoms. The Bertz CT molecular complexity index is 424. The molecule has 1 aromatic heterocycles. The average molecular weight is 300 g/mol. The van der Waals surface area contributed by atoms with Crippen LogP contribution in [0.5, 0.6) is 0 Å². The third-order valence-electron chi connectivity index (χ3n) is 3.40. The van der Waals surface area contributed by atoms with Crippen LogP contribution in [0.4, 0.5) is 5.13 Å². The number of hydrogen-bond donors (Lipinski definition) is 2. The summed E-state index contributed by atoms with van der Waals surface area (Å²) < 4.78 is 0.830. The highest BCUT2D eigenvalue weighted by molar-refractivity contribution is 8.01. The van der Waals surface area contributed by atoms with Gasteiger partial charge in [-0.1, -0.05) is 42.9 Å². The lowest BCUT2D eigenvalue weighted by molar-refractivity contribution is -0.119. The summed E-state index contributed by atoms with van der Waals surface area (Å²) in [4.78, 5) is 11.9. The Hall–Kier alpha value is -0.820. The molecule has 2 atom stereocenters. The van der Waals surface area contributed by atoms with Gasteiger partial charge in [0.2, 0.25) is 11.0 Å². The number of hydrogen-bond acceptors (Lipinski definition) is 6. The highest BCUT2D eigenvalue weighted by Crippen LogP contribution is 2.26. The SMILES string of the molecule is CNc1nnc(SCC(=O)N[C@H]2CCCC[C@@H]2C)s1. The van der Waals surface area contributed by atoms with Gasteiger partial charge in [-0.05, 0) is 18.8 Å². The van der Waals surface area contributed by atoms with Crippen LogP contribution in [0.25, 0.3) is 0 Å². The maximum atomic E-state index is 11.9. The monoisotopic (exact) mass is 300 g/mol. The zero-order valence-electron chi connectivity index (χ0n) is 11.3. The number of rotatable bonds is 5. The van der Waals surface area contributed by atoms with Gasteiger partial charge in [-0.2, -0.15) is 0 Å². The number of amides is 1. The molecule has 1 heterocycles. The van der Waals surface area contributed by atoms with Crippen molar-refractivity contribution in [3.8, 4) is 0 Å². The molecule has 1 saturated carbocycles. The molecular weight excluding hydrogens is 280 g/mol. The number of carbonyl (C=O) groups excluding carboxylic acids is 1. The third kappa shape index (κ3) is 4.35. The van der Waals surface area contributed by atoms with Crippen LogP contribution < -0.4 is 10.6 Å². The van der Waals surface area contributed by atoms with Gasteiger partial charge in [-0.3, -0.25) is 4.79 Å². The van der Waals surface area contributed by atoms with E-state index in [0.717, 1.165) is 15.9 Å². The first-order valence-corrected chi connectivity index (χ1v) is 8.42. The van der Waals surface area contributed by atoms with Crippen molar-refractivity contribution in [3.05, 3.63) is 0 Å². The normalized spacial score (nSPS) is 23.1. The van der Waals surface area contributed by atoms with Gasteiger partial charge >= 0.3 is 0 Å². The van der Waals surface area contributed by atoms with Crippen LogP contribution in [0.3, 0.4) is 0 Å². The lowest BCUT2D eigenvalue weighted by Gasteiger charge is -2.29. The fourth-order valence-corrected chi connectivity index (χ4v) is 3.79. The molecule has 0 aromatic carbocycles.